The second-order valence-corrected chi connectivity index (χ2v) is 7.90. The Morgan fingerprint density at radius 1 is 1.03 bits per heavy atom. The number of carbonyl (C=O) groups is 1. The molecule has 3 heterocycles. The zero-order valence-corrected chi connectivity index (χ0v) is 18.5. The van der Waals surface area contributed by atoms with E-state index in [-0.39, 0.29) is 17.1 Å². The molecule has 0 saturated heterocycles. The van der Waals surface area contributed by atoms with Crippen molar-refractivity contribution in [2.24, 2.45) is 0 Å². The van der Waals surface area contributed by atoms with Gasteiger partial charge in [-0.05, 0) is 23.1 Å². The molecular weight excluding hydrogens is 467 g/mol. The number of halogens is 4. The molecule has 174 valence electrons. The number of alkyl halides is 2. The number of benzene rings is 1. The number of anilines is 1. The van der Waals surface area contributed by atoms with Gasteiger partial charge in [0.25, 0.3) is 0 Å². The summed E-state index contributed by atoms with van der Waals surface area (Å²) >= 11 is 6.05. The summed E-state index contributed by atoms with van der Waals surface area (Å²) in [6, 6.07) is 11.7. The van der Waals surface area contributed by atoms with Crippen molar-refractivity contribution in [3.8, 4) is 0 Å². The molecule has 0 saturated carbocycles. The van der Waals surface area contributed by atoms with Crippen LogP contribution in [0.4, 0.5) is 19.0 Å². The van der Waals surface area contributed by atoms with E-state index in [4.69, 9.17) is 11.6 Å². The summed E-state index contributed by atoms with van der Waals surface area (Å²) in [7, 11) is 0. The predicted octanol–water partition coefficient (Wildman–Crippen LogP) is 4.88. The van der Waals surface area contributed by atoms with Crippen LogP contribution in [-0.2, 0) is 23.7 Å². The van der Waals surface area contributed by atoms with Gasteiger partial charge in [-0.15, -0.1) is 0 Å². The topological polar surface area (TPSA) is 79.8 Å². The maximum Gasteiger partial charge on any atom is 0.306 e. The molecule has 0 unspecified atom stereocenters. The summed E-state index contributed by atoms with van der Waals surface area (Å²) in [5, 5.41) is 6.79. The molecule has 4 aromatic rings. The van der Waals surface area contributed by atoms with E-state index < -0.39 is 42.1 Å². The number of rotatable bonds is 8. The van der Waals surface area contributed by atoms with Gasteiger partial charge in [0.05, 0.1) is 18.0 Å². The van der Waals surface area contributed by atoms with Gasteiger partial charge in [0.2, 0.25) is 5.91 Å². The zero-order chi connectivity index (χ0) is 24.1. The highest BCUT2D eigenvalue weighted by Crippen LogP contribution is 2.28. The quantitative estimate of drug-likeness (QED) is 0.372. The summed E-state index contributed by atoms with van der Waals surface area (Å²) in [5.41, 5.74) is 0.195. The number of pyridine rings is 3. The van der Waals surface area contributed by atoms with Crippen LogP contribution in [0.25, 0.3) is 10.8 Å². The number of nitrogens with zero attached hydrogens (tertiary/aromatic N) is 3. The Morgan fingerprint density at radius 2 is 1.82 bits per heavy atom. The minimum Gasteiger partial charge on any atom is -0.361 e. The summed E-state index contributed by atoms with van der Waals surface area (Å²) < 4.78 is 43.7. The molecule has 0 aliphatic carbocycles. The molecule has 0 fully saturated rings. The smallest absolute Gasteiger partial charge is 0.306 e. The summed E-state index contributed by atoms with van der Waals surface area (Å²) in [5.74, 6) is -5.25. The third kappa shape index (κ3) is 5.26. The summed E-state index contributed by atoms with van der Waals surface area (Å²) in [6.07, 6.45) is 5.33. The van der Waals surface area contributed by atoms with Crippen LogP contribution >= 0.6 is 11.6 Å². The minimum atomic E-state index is -3.36. The largest absolute Gasteiger partial charge is 0.361 e. The van der Waals surface area contributed by atoms with Gasteiger partial charge in [-0.25, -0.2) is 9.37 Å². The molecule has 4 rings (SSSR count). The average Bonchev–Trinajstić information content (AvgIpc) is 2.85. The molecule has 0 bridgehead atoms. The molecule has 0 radical (unpaired) electrons. The first-order chi connectivity index (χ1) is 16.3. The summed E-state index contributed by atoms with van der Waals surface area (Å²) in [4.78, 5) is 24.1. The Bertz CT molecular complexity index is 1320. The molecule has 1 amide bonds. The van der Waals surface area contributed by atoms with Crippen molar-refractivity contribution in [1.82, 2.24) is 20.3 Å². The van der Waals surface area contributed by atoms with Crippen LogP contribution in [0.5, 0.6) is 0 Å². The Hall–Kier alpha value is -3.72. The van der Waals surface area contributed by atoms with Crippen LogP contribution in [0.15, 0.2) is 67.3 Å². The number of aromatic nitrogens is 3. The lowest BCUT2D eigenvalue weighted by Crippen LogP contribution is -2.27. The fraction of sp³-hybridized carbons (Fsp3) is 0.167. The maximum absolute atomic E-state index is 15.0. The molecule has 0 aliphatic heterocycles. The van der Waals surface area contributed by atoms with Gasteiger partial charge in [-0.3, -0.25) is 14.8 Å². The normalized spacial score (nSPS) is 11.4. The fourth-order valence-corrected chi connectivity index (χ4v) is 3.59. The molecule has 3 aromatic heterocycles. The van der Waals surface area contributed by atoms with Crippen LogP contribution < -0.4 is 10.6 Å². The molecule has 0 atom stereocenters. The number of nitrogens with one attached hydrogen (secondary N) is 2. The SMILES string of the molecule is O=C(Cc1c(Cl)cnc(NCC(F)(F)c2ccccn2)c1F)NCc1cncc2ccccc12. The second-order valence-electron chi connectivity index (χ2n) is 7.49. The van der Waals surface area contributed by atoms with Crippen LogP contribution in [-0.4, -0.2) is 27.4 Å². The van der Waals surface area contributed by atoms with Crippen LogP contribution in [0, 0.1) is 5.82 Å². The minimum absolute atomic E-state index is 0.0819. The van der Waals surface area contributed by atoms with Crippen molar-refractivity contribution < 1.29 is 18.0 Å². The van der Waals surface area contributed by atoms with E-state index in [0.717, 1.165) is 22.5 Å². The first kappa shape index (κ1) is 23.4. The van der Waals surface area contributed by atoms with Crippen molar-refractivity contribution in [1.29, 1.82) is 0 Å². The van der Waals surface area contributed by atoms with E-state index >= 15 is 0 Å². The van der Waals surface area contributed by atoms with E-state index in [1.807, 2.05) is 24.3 Å². The van der Waals surface area contributed by atoms with Crippen LogP contribution in [0.3, 0.4) is 0 Å². The van der Waals surface area contributed by atoms with Gasteiger partial charge in [-0.1, -0.05) is 41.9 Å². The van der Waals surface area contributed by atoms with Gasteiger partial charge in [-0.2, -0.15) is 8.78 Å². The number of amides is 1. The lowest BCUT2D eigenvalue weighted by atomic mass is 10.1. The van der Waals surface area contributed by atoms with E-state index in [2.05, 4.69) is 25.6 Å². The Kier molecular flexibility index (Phi) is 6.93. The van der Waals surface area contributed by atoms with E-state index in [0.29, 0.717) is 0 Å². The van der Waals surface area contributed by atoms with Crippen LogP contribution in [0.1, 0.15) is 16.8 Å². The zero-order valence-electron chi connectivity index (χ0n) is 17.7. The number of carbonyl (C=O) groups excluding carboxylic acids is 1. The van der Waals surface area contributed by atoms with Gasteiger partial charge < -0.3 is 10.6 Å². The maximum atomic E-state index is 15.0. The van der Waals surface area contributed by atoms with E-state index in [9.17, 15) is 18.0 Å². The molecule has 0 spiro atoms. The lowest BCUT2D eigenvalue weighted by Gasteiger charge is -2.18. The molecule has 0 aliphatic rings. The number of hydrogen-bond donors (Lipinski definition) is 2. The monoisotopic (exact) mass is 485 g/mol. The lowest BCUT2D eigenvalue weighted by molar-refractivity contribution is -0.120. The second kappa shape index (κ2) is 10.0. The average molecular weight is 486 g/mol. The fourth-order valence-electron chi connectivity index (χ4n) is 3.39. The van der Waals surface area contributed by atoms with Gasteiger partial charge in [0, 0.05) is 42.3 Å². The van der Waals surface area contributed by atoms with Gasteiger partial charge in [0.1, 0.15) is 5.69 Å². The Morgan fingerprint density at radius 3 is 2.62 bits per heavy atom. The molecular formula is C24H19ClF3N5O. The highest BCUT2D eigenvalue weighted by Gasteiger charge is 2.33. The summed E-state index contributed by atoms with van der Waals surface area (Å²) in [6.45, 7) is -0.756. The van der Waals surface area contributed by atoms with Crippen LogP contribution in [0.2, 0.25) is 5.02 Å². The van der Waals surface area contributed by atoms with Crippen molar-refractivity contribution in [2.45, 2.75) is 18.9 Å². The first-order valence-electron chi connectivity index (χ1n) is 10.3. The van der Waals surface area contributed by atoms with Gasteiger partial charge in [0.15, 0.2) is 11.6 Å². The van der Waals surface area contributed by atoms with E-state index in [1.54, 1.807) is 12.4 Å². The third-order valence-corrected chi connectivity index (χ3v) is 5.48. The third-order valence-electron chi connectivity index (χ3n) is 5.15. The molecule has 2 N–H and O–H groups in total. The highest BCUT2D eigenvalue weighted by molar-refractivity contribution is 6.31. The van der Waals surface area contributed by atoms with Crippen molar-refractivity contribution in [3.63, 3.8) is 0 Å². The molecule has 6 nitrogen and oxygen atoms in total. The highest BCUT2D eigenvalue weighted by atomic mass is 35.5. The number of fused-ring (bicyclic) bond motifs is 1. The number of hydrogen-bond acceptors (Lipinski definition) is 5. The van der Waals surface area contributed by atoms with Crippen molar-refractivity contribution in [3.05, 3.63) is 94.9 Å². The van der Waals surface area contributed by atoms with Crippen molar-refractivity contribution >= 4 is 34.1 Å². The first-order valence-corrected chi connectivity index (χ1v) is 10.7. The Labute approximate surface area is 198 Å². The predicted molar refractivity (Wildman–Crippen MR) is 123 cm³/mol. The van der Waals surface area contributed by atoms with Gasteiger partial charge >= 0.3 is 5.92 Å². The molecule has 1 aromatic carbocycles. The molecule has 34 heavy (non-hydrogen) atoms. The van der Waals surface area contributed by atoms with Crippen molar-refractivity contribution in [2.75, 3.05) is 11.9 Å². The Balaban J connectivity index is 1.43. The molecule has 10 heteroatoms. The van der Waals surface area contributed by atoms with E-state index in [1.165, 1.54) is 24.4 Å². The standard InChI is InChI=1S/C24H19ClF3N5O/c25-19-13-32-23(33-14-24(27,28)20-7-3-4-8-30-20)22(26)18(19)9-21(34)31-12-16-11-29-10-15-5-1-2-6-17(15)16/h1-8,10-11,13H,9,12,14H2,(H,31,34)(H,32,33).